The Hall–Kier alpha value is -1.67. The molecule has 20 heavy (non-hydrogen) atoms. The molecule has 0 aliphatic rings. The molecule has 0 unspecified atom stereocenters. The van der Waals surface area contributed by atoms with Gasteiger partial charge >= 0.3 is 0 Å². The third-order valence-electron chi connectivity index (χ3n) is 2.47. The number of anilines is 2. The SMILES string of the molecule is Nc1cc(S(=O)(=O)Nc2cccc(F)c2F)ccc1Br. The van der Waals surface area contributed by atoms with Gasteiger partial charge in [0, 0.05) is 10.2 Å². The van der Waals surface area contributed by atoms with Crippen LogP contribution in [0.15, 0.2) is 45.8 Å². The van der Waals surface area contributed by atoms with Crippen molar-refractivity contribution in [2.45, 2.75) is 4.90 Å². The molecule has 0 heterocycles. The largest absolute Gasteiger partial charge is 0.398 e. The van der Waals surface area contributed by atoms with Crippen molar-refractivity contribution in [2.24, 2.45) is 0 Å². The van der Waals surface area contributed by atoms with Gasteiger partial charge in [-0.15, -0.1) is 0 Å². The van der Waals surface area contributed by atoms with Gasteiger partial charge in [0.2, 0.25) is 0 Å². The molecule has 0 atom stereocenters. The first-order chi connectivity index (χ1) is 9.31. The lowest BCUT2D eigenvalue weighted by Crippen LogP contribution is -2.14. The van der Waals surface area contributed by atoms with E-state index in [9.17, 15) is 17.2 Å². The Bertz CT molecular complexity index is 766. The molecule has 0 aliphatic carbocycles. The third kappa shape index (κ3) is 2.91. The van der Waals surface area contributed by atoms with Gasteiger partial charge in [-0.25, -0.2) is 17.2 Å². The molecule has 3 N–H and O–H groups in total. The van der Waals surface area contributed by atoms with Crippen LogP contribution in [0.2, 0.25) is 0 Å². The van der Waals surface area contributed by atoms with Gasteiger partial charge in [0.25, 0.3) is 10.0 Å². The van der Waals surface area contributed by atoms with Crippen LogP contribution in [0, 0.1) is 11.6 Å². The molecule has 2 rings (SSSR count). The minimum absolute atomic E-state index is 0.151. The number of nitrogens with two attached hydrogens (primary N) is 1. The molecule has 0 bridgehead atoms. The van der Waals surface area contributed by atoms with Crippen molar-refractivity contribution in [3.63, 3.8) is 0 Å². The van der Waals surface area contributed by atoms with Crippen molar-refractivity contribution < 1.29 is 17.2 Å². The Morgan fingerprint density at radius 3 is 2.50 bits per heavy atom. The van der Waals surface area contributed by atoms with E-state index in [1.165, 1.54) is 24.3 Å². The van der Waals surface area contributed by atoms with Gasteiger partial charge in [-0.2, -0.15) is 0 Å². The fraction of sp³-hybridized carbons (Fsp3) is 0. The maximum Gasteiger partial charge on any atom is 0.262 e. The van der Waals surface area contributed by atoms with E-state index in [1.54, 1.807) is 0 Å². The van der Waals surface area contributed by atoms with Gasteiger partial charge in [-0.1, -0.05) is 6.07 Å². The van der Waals surface area contributed by atoms with Crippen LogP contribution in [-0.2, 0) is 10.0 Å². The van der Waals surface area contributed by atoms with Crippen molar-refractivity contribution in [2.75, 3.05) is 10.5 Å². The fourth-order valence-corrected chi connectivity index (χ4v) is 2.82. The average molecular weight is 363 g/mol. The highest BCUT2D eigenvalue weighted by Crippen LogP contribution is 2.25. The third-order valence-corrected chi connectivity index (χ3v) is 4.56. The highest BCUT2D eigenvalue weighted by atomic mass is 79.9. The Morgan fingerprint density at radius 1 is 1.15 bits per heavy atom. The highest BCUT2D eigenvalue weighted by Gasteiger charge is 2.18. The number of benzene rings is 2. The van der Waals surface area contributed by atoms with Crippen LogP contribution >= 0.6 is 15.9 Å². The summed E-state index contributed by atoms with van der Waals surface area (Å²) in [4.78, 5) is -0.151. The predicted octanol–water partition coefficient (Wildman–Crippen LogP) is 3.11. The summed E-state index contributed by atoms with van der Waals surface area (Å²) in [6.45, 7) is 0. The standard InChI is InChI=1S/C12H9BrF2N2O2S/c13-8-5-4-7(6-10(8)16)20(18,19)17-11-3-1-2-9(14)12(11)15/h1-6,17H,16H2. The Labute approximate surface area is 122 Å². The minimum Gasteiger partial charge on any atom is -0.398 e. The van der Waals surface area contributed by atoms with E-state index < -0.39 is 27.3 Å². The van der Waals surface area contributed by atoms with E-state index in [4.69, 9.17) is 5.73 Å². The number of nitrogen functional groups attached to an aromatic ring is 1. The number of sulfonamides is 1. The summed E-state index contributed by atoms with van der Waals surface area (Å²) in [5.74, 6) is -2.40. The number of hydrogen-bond acceptors (Lipinski definition) is 3. The van der Waals surface area contributed by atoms with Crippen LogP contribution in [0.3, 0.4) is 0 Å². The van der Waals surface area contributed by atoms with Crippen LogP contribution in [0.5, 0.6) is 0 Å². The molecule has 4 nitrogen and oxygen atoms in total. The molecule has 0 amide bonds. The van der Waals surface area contributed by atoms with E-state index in [0.717, 1.165) is 12.1 Å². The topological polar surface area (TPSA) is 72.2 Å². The van der Waals surface area contributed by atoms with E-state index in [2.05, 4.69) is 15.9 Å². The molecule has 106 valence electrons. The van der Waals surface area contributed by atoms with Crippen LogP contribution in [0.1, 0.15) is 0 Å². The van der Waals surface area contributed by atoms with E-state index >= 15 is 0 Å². The zero-order chi connectivity index (χ0) is 14.9. The molecular formula is C12H9BrF2N2O2S. The van der Waals surface area contributed by atoms with E-state index in [1.807, 2.05) is 4.72 Å². The van der Waals surface area contributed by atoms with Crippen LogP contribution < -0.4 is 10.5 Å². The smallest absolute Gasteiger partial charge is 0.262 e. The van der Waals surface area contributed by atoms with Gasteiger partial charge in [-0.05, 0) is 46.3 Å². The molecule has 0 spiro atoms. The van der Waals surface area contributed by atoms with Crippen molar-refractivity contribution in [1.82, 2.24) is 0 Å². The Kier molecular flexibility index (Phi) is 3.96. The molecule has 0 saturated heterocycles. The second-order valence-electron chi connectivity index (χ2n) is 3.89. The molecule has 2 aromatic carbocycles. The van der Waals surface area contributed by atoms with Crippen LogP contribution in [0.4, 0.5) is 20.2 Å². The summed E-state index contributed by atoms with van der Waals surface area (Å²) in [5.41, 5.74) is 5.34. The van der Waals surface area contributed by atoms with Gasteiger partial charge in [0.15, 0.2) is 11.6 Å². The second-order valence-corrected chi connectivity index (χ2v) is 6.43. The summed E-state index contributed by atoms with van der Waals surface area (Å²) in [6, 6.07) is 7.17. The molecular weight excluding hydrogens is 354 g/mol. The monoisotopic (exact) mass is 362 g/mol. The van der Waals surface area contributed by atoms with Crippen molar-refractivity contribution >= 4 is 37.3 Å². The van der Waals surface area contributed by atoms with Gasteiger partial charge in [0.05, 0.1) is 10.6 Å². The number of halogens is 3. The average Bonchev–Trinajstić information content (AvgIpc) is 2.38. The Morgan fingerprint density at radius 2 is 1.85 bits per heavy atom. The summed E-state index contributed by atoms with van der Waals surface area (Å²) >= 11 is 3.13. The fourth-order valence-electron chi connectivity index (χ4n) is 1.48. The van der Waals surface area contributed by atoms with Gasteiger partial charge in [-0.3, -0.25) is 4.72 Å². The first-order valence-electron chi connectivity index (χ1n) is 5.33. The van der Waals surface area contributed by atoms with Crippen LogP contribution in [0.25, 0.3) is 0 Å². The normalized spacial score (nSPS) is 11.3. The van der Waals surface area contributed by atoms with Gasteiger partial charge < -0.3 is 5.73 Å². The first kappa shape index (κ1) is 14.7. The van der Waals surface area contributed by atoms with Crippen molar-refractivity contribution in [3.8, 4) is 0 Å². The van der Waals surface area contributed by atoms with Crippen molar-refractivity contribution in [1.29, 1.82) is 0 Å². The van der Waals surface area contributed by atoms with Crippen LogP contribution in [-0.4, -0.2) is 8.42 Å². The van der Waals surface area contributed by atoms with E-state index in [-0.39, 0.29) is 10.6 Å². The second kappa shape index (κ2) is 5.37. The number of rotatable bonds is 3. The zero-order valence-corrected chi connectivity index (χ0v) is 12.3. The Balaban J connectivity index is 2.41. The molecule has 0 aliphatic heterocycles. The quantitative estimate of drug-likeness (QED) is 0.824. The van der Waals surface area contributed by atoms with Crippen molar-refractivity contribution in [3.05, 3.63) is 52.5 Å². The minimum atomic E-state index is -4.05. The lowest BCUT2D eigenvalue weighted by atomic mass is 10.3. The number of hydrogen-bond donors (Lipinski definition) is 2. The maximum atomic E-state index is 13.5. The molecule has 2 aromatic rings. The molecule has 0 aromatic heterocycles. The lowest BCUT2D eigenvalue weighted by molar-refractivity contribution is 0.511. The molecule has 0 fully saturated rings. The summed E-state index contributed by atoms with van der Waals surface area (Å²) in [5, 5.41) is 0. The zero-order valence-electron chi connectivity index (χ0n) is 9.90. The first-order valence-corrected chi connectivity index (χ1v) is 7.61. The summed E-state index contributed by atoms with van der Waals surface area (Å²) in [7, 11) is -4.05. The highest BCUT2D eigenvalue weighted by molar-refractivity contribution is 9.10. The predicted molar refractivity (Wildman–Crippen MR) is 75.7 cm³/mol. The lowest BCUT2D eigenvalue weighted by Gasteiger charge is -2.10. The number of nitrogens with one attached hydrogen (secondary N) is 1. The molecule has 0 saturated carbocycles. The maximum absolute atomic E-state index is 13.5. The molecule has 0 radical (unpaired) electrons. The van der Waals surface area contributed by atoms with E-state index in [0.29, 0.717) is 4.47 Å². The summed E-state index contributed by atoms with van der Waals surface area (Å²) in [6.07, 6.45) is 0. The molecule has 8 heteroatoms. The summed E-state index contributed by atoms with van der Waals surface area (Å²) < 4.78 is 53.1. The van der Waals surface area contributed by atoms with Gasteiger partial charge in [0.1, 0.15) is 0 Å².